The number of hydrogen-bond acceptors (Lipinski definition) is 5. The third-order valence-corrected chi connectivity index (χ3v) is 3.37. The molecule has 1 fully saturated rings. The second-order valence-corrected chi connectivity index (χ2v) is 5.00. The first-order valence-electron chi connectivity index (χ1n) is 6.93. The summed E-state index contributed by atoms with van der Waals surface area (Å²) >= 11 is 0. The molecule has 2 N–H and O–H groups in total. The van der Waals surface area contributed by atoms with E-state index >= 15 is 0 Å². The molecule has 0 spiro atoms. The van der Waals surface area contributed by atoms with Crippen LogP contribution in [0.4, 0.5) is 0 Å². The maximum Gasteiger partial charge on any atom is 0.414 e. The summed E-state index contributed by atoms with van der Waals surface area (Å²) in [6.07, 6.45) is 0. The first-order valence-corrected chi connectivity index (χ1v) is 6.93. The van der Waals surface area contributed by atoms with Crippen molar-refractivity contribution < 1.29 is 24.5 Å². The van der Waals surface area contributed by atoms with E-state index in [9.17, 15) is 0 Å². The Morgan fingerprint density at radius 2 is 1.64 bits per heavy atom. The van der Waals surface area contributed by atoms with E-state index in [1.165, 1.54) is 5.56 Å². The van der Waals surface area contributed by atoms with Gasteiger partial charge in [0.1, 0.15) is 5.75 Å². The van der Waals surface area contributed by atoms with Crippen molar-refractivity contribution in [3.05, 3.63) is 29.8 Å². The Bertz CT molecular complexity index is 486. The first-order chi connectivity index (χ1) is 10.4. The van der Waals surface area contributed by atoms with Crippen molar-refractivity contribution in [2.75, 3.05) is 40.3 Å². The Morgan fingerprint density at radius 3 is 2.14 bits per heavy atom. The third-order valence-electron chi connectivity index (χ3n) is 3.37. The van der Waals surface area contributed by atoms with Crippen LogP contribution in [0, 0.1) is 0 Å². The Hall–Kier alpha value is -2.12. The van der Waals surface area contributed by atoms with E-state index in [2.05, 4.69) is 29.0 Å². The van der Waals surface area contributed by atoms with Crippen LogP contribution in [-0.2, 0) is 16.1 Å². The van der Waals surface area contributed by atoms with Crippen LogP contribution < -0.4 is 4.74 Å². The number of hydrogen-bond donors (Lipinski definition) is 2. The molecule has 1 aromatic carbocycles. The number of ether oxygens (including phenoxy) is 1. The van der Waals surface area contributed by atoms with Gasteiger partial charge >= 0.3 is 11.9 Å². The van der Waals surface area contributed by atoms with Gasteiger partial charge in [-0.2, -0.15) is 0 Å². The summed E-state index contributed by atoms with van der Waals surface area (Å²) < 4.78 is 5.37. The number of methoxy groups -OCH3 is 1. The normalized spacial score (nSPS) is 15.5. The van der Waals surface area contributed by atoms with Crippen molar-refractivity contribution in [3.8, 4) is 5.75 Å². The van der Waals surface area contributed by atoms with E-state index in [-0.39, 0.29) is 0 Å². The zero-order chi connectivity index (χ0) is 16.5. The molecule has 1 heterocycles. The van der Waals surface area contributed by atoms with Gasteiger partial charge in [-0.05, 0) is 13.1 Å². The van der Waals surface area contributed by atoms with Gasteiger partial charge in [-0.3, -0.25) is 4.90 Å². The van der Waals surface area contributed by atoms with Crippen molar-refractivity contribution in [2.45, 2.75) is 6.54 Å². The van der Waals surface area contributed by atoms with E-state index in [1.807, 2.05) is 12.1 Å². The molecule has 0 unspecified atom stereocenters. The van der Waals surface area contributed by atoms with E-state index in [1.54, 1.807) is 7.11 Å². The average molecular weight is 310 g/mol. The molecule has 0 radical (unpaired) electrons. The number of para-hydroxylation sites is 1. The van der Waals surface area contributed by atoms with Gasteiger partial charge in [-0.15, -0.1) is 0 Å². The summed E-state index contributed by atoms with van der Waals surface area (Å²) in [5.74, 6) is -2.65. The van der Waals surface area contributed by atoms with Crippen molar-refractivity contribution in [2.24, 2.45) is 0 Å². The van der Waals surface area contributed by atoms with Gasteiger partial charge in [0.15, 0.2) is 0 Å². The highest BCUT2D eigenvalue weighted by Gasteiger charge is 2.15. The Balaban J connectivity index is 0.000000346. The first kappa shape index (κ1) is 17.9. The standard InChI is InChI=1S/C13H20N2O.C2H2O4/c1-14-7-9-15(10-8-14)11-12-5-3-4-6-13(12)16-2;3-1(4)2(5)6/h3-6H,7-11H2,1-2H3;(H,3,4)(H,5,6). The number of aliphatic carboxylic acids is 2. The highest BCUT2D eigenvalue weighted by molar-refractivity contribution is 6.27. The fourth-order valence-electron chi connectivity index (χ4n) is 2.08. The summed E-state index contributed by atoms with van der Waals surface area (Å²) in [7, 11) is 3.92. The highest BCUT2D eigenvalue weighted by atomic mass is 16.5. The van der Waals surface area contributed by atoms with E-state index in [0.717, 1.165) is 38.5 Å². The Labute approximate surface area is 129 Å². The maximum atomic E-state index is 9.10. The molecular weight excluding hydrogens is 288 g/mol. The molecule has 0 saturated carbocycles. The molecule has 1 aromatic rings. The zero-order valence-electron chi connectivity index (χ0n) is 12.9. The van der Waals surface area contributed by atoms with Gasteiger partial charge in [0.25, 0.3) is 0 Å². The van der Waals surface area contributed by atoms with E-state index in [0.29, 0.717) is 0 Å². The van der Waals surface area contributed by atoms with Crippen LogP contribution in [0.1, 0.15) is 5.56 Å². The molecule has 0 atom stereocenters. The molecule has 1 aliphatic heterocycles. The number of carboxylic acid groups (broad SMARTS) is 2. The molecular formula is C15H22N2O5. The van der Waals surface area contributed by atoms with Crippen molar-refractivity contribution in [1.29, 1.82) is 0 Å². The predicted molar refractivity (Wildman–Crippen MR) is 81.0 cm³/mol. The summed E-state index contributed by atoms with van der Waals surface area (Å²) in [6, 6.07) is 8.28. The minimum atomic E-state index is -1.82. The monoisotopic (exact) mass is 310 g/mol. The van der Waals surface area contributed by atoms with Crippen LogP contribution in [0.5, 0.6) is 5.75 Å². The Morgan fingerprint density at radius 1 is 1.09 bits per heavy atom. The van der Waals surface area contributed by atoms with Gasteiger partial charge in [0, 0.05) is 38.3 Å². The number of benzene rings is 1. The van der Waals surface area contributed by atoms with Crippen LogP contribution in [0.3, 0.4) is 0 Å². The summed E-state index contributed by atoms with van der Waals surface area (Å²) in [6.45, 7) is 5.62. The smallest absolute Gasteiger partial charge is 0.414 e. The molecule has 1 aliphatic rings. The van der Waals surface area contributed by atoms with Gasteiger partial charge in [0.05, 0.1) is 7.11 Å². The van der Waals surface area contributed by atoms with Gasteiger partial charge in [0.2, 0.25) is 0 Å². The summed E-state index contributed by atoms with van der Waals surface area (Å²) in [5.41, 5.74) is 1.29. The van der Waals surface area contributed by atoms with Crippen molar-refractivity contribution in [1.82, 2.24) is 9.80 Å². The van der Waals surface area contributed by atoms with Crippen molar-refractivity contribution in [3.63, 3.8) is 0 Å². The fourth-order valence-corrected chi connectivity index (χ4v) is 2.08. The number of carboxylic acids is 2. The maximum absolute atomic E-state index is 9.10. The third kappa shape index (κ3) is 6.11. The second kappa shape index (κ2) is 9.01. The number of piperazine rings is 1. The number of rotatable bonds is 3. The molecule has 22 heavy (non-hydrogen) atoms. The highest BCUT2D eigenvalue weighted by Crippen LogP contribution is 2.19. The lowest BCUT2D eigenvalue weighted by atomic mass is 10.1. The van der Waals surface area contributed by atoms with Crippen molar-refractivity contribution >= 4 is 11.9 Å². The summed E-state index contributed by atoms with van der Waals surface area (Å²) in [5, 5.41) is 14.8. The van der Waals surface area contributed by atoms with Crippen LogP contribution >= 0.6 is 0 Å². The Kier molecular flexibility index (Phi) is 7.34. The molecule has 122 valence electrons. The van der Waals surface area contributed by atoms with E-state index in [4.69, 9.17) is 24.5 Å². The minimum absolute atomic E-state index is 0.998. The zero-order valence-corrected chi connectivity index (χ0v) is 12.9. The topological polar surface area (TPSA) is 90.3 Å². The second-order valence-electron chi connectivity index (χ2n) is 5.00. The fraction of sp³-hybridized carbons (Fsp3) is 0.467. The summed E-state index contributed by atoms with van der Waals surface area (Å²) in [4.78, 5) is 23.1. The molecule has 0 aliphatic carbocycles. The van der Waals surface area contributed by atoms with Gasteiger partial charge in [-0.1, -0.05) is 18.2 Å². The molecule has 7 nitrogen and oxygen atoms in total. The molecule has 0 aromatic heterocycles. The average Bonchev–Trinajstić information content (AvgIpc) is 2.50. The lowest BCUT2D eigenvalue weighted by Crippen LogP contribution is -2.43. The lowest BCUT2D eigenvalue weighted by Gasteiger charge is -2.32. The molecule has 1 saturated heterocycles. The predicted octanol–water partition coefficient (Wildman–Crippen LogP) is 0.598. The lowest BCUT2D eigenvalue weighted by molar-refractivity contribution is -0.159. The van der Waals surface area contributed by atoms with Gasteiger partial charge < -0.3 is 19.8 Å². The quantitative estimate of drug-likeness (QED) is 0.790. The van der Waals surface area contributed by atoms with Crippen LogP contribution in [0.25, 0.3) is 0 Å². The van der Waals surface area contributed by atoms with Crippen LogP contribution in [-0.4, -0.2) is 72.3 Å². The van der Waals surface area contributed by atoms with Gasteiger partial charge in [-0.25, -0.2) is 9.59 Å². The SMILES string of the molecule is COc1ccccc1CN1CCN(C)CC1.O=C(O)C(=O)O. The largest absolute Gasteiger partial charge is 0.496 e. The number of nitrogens with zero attached hydrogens (tertiary/aromatic N) is 2. The molecule has 0 amide bonds. The molecule has 7 heteroatoms. The number of carbonyl (C=O) groups is 2. The van der Waals surface area contributed by atoms with Crippen LogP contribution in [0.2, 0.25) is 0 Å². The number of likely N-dealkylation sites (N-methyl/N-ethyl adjacent to an activating group) is 1. The minimum Gasteiger partial charge on any atom is -0.496 e. The molecule has 2 rings (SSSR count). The molecule has 0 bridgehead atoms. The van der Waals surface area contributed by atoms with Crippen LogP contribution in [0.15, 0.2) is 24.3 Å². The van der Waals surface area contributed by atoms with E-state index < -0.39 is 11.9 Å².